The van der Waals surface area contributed by atoms with E-state index in [4.69, 9.17) is 0 Å². The molecule has 0 saturated carbocycles. The Morgan fingerprint density at radius 3 is 2.42 bits per heavy atom. The quantitative estimate of drug-likeness (QED) is 0.745. The zero-order chi connectivity index (χ0) is 22.4. The standard InChI is InChI=1S/C23H31N3O4S/c1-17(27)18-7-9-19(10-8-18)24-21(28)25-14-12-23(13-15-25)16-26(31(3,29)30)20-6-4-5-11-22(20,23)2/h4-10,17,27H,11-16H2,1-3H3,(H,24,28). The van der Waals surface area contributed by atoms with E-state index in [1.807, 2.05) is 17.1 Å². The number of aliphatic hydroxyl groups is 1. The number of urea groups is 1. The van der Waals surface area contributed by atoms with Crippen LogP contribution in [0.1, 0.15) is 44.8 Å². The van der Waals surface area contributed by atoms with Crippen molar-refractivity contribution in [1.29, 1.82) is 0 Å². The average Bonchev–Trinajstić information content (AvgIpc) is 2.98. The molecule has 2 atom stereocenters. The fraction of sp³-hybridized carbons (Fsp3) is 0.522. The van der Waals surface area contributed by atoms with Gasteiger partial charge in [0.05, 0.1) is 12.4 Å². The van der Waals surface area contributed by atoms with Crippen molar-refractivity contribution in [2.45, 2.75) is 39.2 Å². The van der Waals surface area contributed by atoms with Crippen molar-refractivity contribution in [3.63, 3.8) is 0 Å². The summed E-state index contributed by atoms with van der Waals surface area (Å²) < 4.78 is 26.5. The molecule has 7 nitrogen and oxygen atoms in total. The van der Waals surface area contributed by atoms with E-state index in [1.54, 1.807) is 35.5 Å². The number of nitrogens with one attached hydrogen (secondary N) is 1. The maximum Gasteiger partial charge on any atom is 0.321 e. The number of fused-ring (bicyclic) bond motifs is 2. The molecule has 8 heteroatoms. The van der Waals surface area contributed by atoms with Crippen LogP contribution in [-0.2, 0) is 10.0 Å². The normalized spacial score (nSPS) is 25.9. The van der Waals surface area contributed by atoms with Gasteiger partial charge in [-0.05, 0) is 50.0 Å². The highest BCUT2D eigenvalue weighted by atomic mass is 32.2. The van der Waals surface area contributed by atoms with Gasteiger partial charge < -0.3 is 15.3 Å². The van der Waals surface area contributed by atoms with E-state index in [1.165, 1.54) is 6.26 Å². The van der Waals surface area contributed by atoms with Gasteiger partial charge in [0, 0.05) is 41.8 Å². The van der Waals surface area contributed by atoms with Crippen molar-refractivity contribution >= 4 is 21.7 Å². The number of allylic oxidation sites excluding steroid dienone is 4. The Kier molecular flexibility index (Phi) is 5.42. The molecule has 1 aromatic rings. The van der Waals surface area contributed by atoms with Crippen molar-refractivity contribution < 1.29 is 18.3 Å². The number of sulfonamides is 1. The molecule has 3 aliphatic rings. The minimum Gasteiger partial charge on any atom is -0.389 e. The zero-order valence-corrected chi connectivity index (χ0v) is 19.2. The molecule has 0 aromatic heterocycles. The van der Waals surface area contributed by atoms with Crippen molar-refractivity contribution in [2.24, 2.45) is 10.8 Å². The molecule has 1 aliphatic carbocycles. The number of carbonyl (C=O) groups is 1. The van der Waals surface area contributed by atoms with Crippen LogP contribution in [0.3, 0.4) is 0 Å². The Morgan fingerprint density at radius 1 is 1.19 bits per heavy atom. The van der Waals surface area contributed by atoms with Crippen molar-refractivity contribution in [2.75, 3.05) is 31.2 Å². The molecule has 1 aromatic carbocycles. The van der Waals surface area contributed by atoms with Crippen LogP contribution in [0.4, 0.5) is 10.5 Å². The lowest BCUT2D eigenvalue weighted by Gasteiger charge is -2.48. The van der Waals surface area contributed by atoms with E-state index < -0.39 is 16.1 Å². The summed E-state index contributed by atoms with van der Waals surface area (Å²) in [5.74, 6) is 0. The second kappa shape index (κ2) is 7.67. The van der Waals surface area contributed by atoms with Gasteiger partial charge in [0.25, 0.3) is 0 Å². The first-order valence-corrected chi connectivity index (χ1v) is 12.6. The SMILES string of the molecule is CC(O)c1ccc(NC(=O)N2CCC3(CC2)CN(S(C)(=O)=O)C2=CC=CCC23C)cc1. The van der Waals surface area contributed by atoms with Gasteiger partial charge in [0.2, 0.25) is 10.0 Å². The molecular weight excluding hydrogens is 414 g/mol. The van der Waals surface area contributed by atoms with Crippen LogP contribution in [0.2, 0.25) is 0 Å². The van der Waals surface area contributed by atoms with Gasteiger partial charge in [-0.3, -0.25) is 4.31 Å². The minimum atomic E-state index is -3.35. The number of carbonyl (C=O) groups excluding carboxylic acids is 1. The van der Waals surface area contributed by atoms with Gasteiger partial charge in [-0.1, -0.05) is 31.2 Å². The van der Waals surface area contributed by atoms with Gasteiger partial charge in [-0.2, -0.15) is 0 Å². The number of piperidine rings is 1. The zero-order valence-electron chi connectivity index (χ0n) is 18.3. The van der Waals surface area contributed by atoms with Crippen LogP contribution in [-0.4, -0.2) is 54.7 Å². The van der Waals surface area contributed by atoms with E-state index in [2.05, 4.69) is 18.3 Å². The number of nitrogens with zero attached hydrogens (tertiary/aromatic N) is 2. The van der Waals surface area contributed by atoms with Crippen molar-refractivity contribution in [3.05, 3.63) is 53.8 Å². The Bertz CT molecular complexity index is 1020. The number of aliphatic hydroxyl groups excluding tert-OH is 1. The van der Waals surface area contributed by atoms with E-state index in [-0.39, 0.29) is 16.9 Å². The van der Waals surface area contributed by atoms with E-state index >= 15 is 0 Å². The Balaban J connectivity index is 1.47. The van der Waals surface area contributed by atoms with Crippen LogP contribution in [0.25, 0.3) is 0 Å². The molecule has 2 unspecified atom stereocenters. The van der Waals surface area contributed by atoms with Crippen LogP contribution < -0.4 is 5.32 Å². The first-order chi connectivity index (χ1) is 14.6. The van der Waals surface area contributed by atoms with E-state index in [0.717, 1.165) is 30.5 Å². The molecule has 2 saturated heterocycles. The monoisotopic (exact) mass is 445 g/mol. The molecule has 168 valence electrons. The topological polar surface area (TPSA) is 89.9 Å². The molecule has 2 fully saturated rings. The van der Waals surface area contributed by atoms with Gasteiger partial charge in [-0.25, -0.2) is 13.2 Å². The summed E-state index contributed by atoms with van der Waals surface area (Å²) in [7, 11) is -3.35. The summed E-state index contributed by atoms with van der Waals surface area (Å²) in [6.45, 7) is 5.52. The molecule has 2 aliphatic heterocycles. The Morgan fingerprint density at radius 2 is 1.84 bits per heavy atom. The molecule has 31 heavy (non-hydrogen) atoms. The largest absolute Gasteiger partial charge is 0.389 e. The smallest absolute Gasteiger partial charge is 0.321 e. The number of benzene rings is 1. The summed E-state index contributed by atoms with van der Waals surface area (Å²) in [5, 5.41) is 12.6. The highest BCUT2D eigenvalue weighted by molar-refractivity contribution is 7.88. The average molecular weight is 446 g/mol. The predicted octanol–water partition coefficient (Wildman–Crippen LogP) is 3.48. The number of likely N-dealkylation sites (tertiary alicyclic amines) is 1. The lowest BCUT2D eigenvalue weighted by atomic mass is 9.58. The summed E-state index contributed by atoms with van der Waals surface area (Å²) >= 11 is 0. The lowest BCUT2D eigenvalue weighted by molar-refractivity contribution is 0.0500. The predicted molar refractivity (Wildman–Crippen MR) is 121 cm³/mol. The van der Waals surface area contributed by atoms with Crippen molar-refractivity contribution in [1.82, 2.24) is 9.21 Å². The van der Waals surface area contributed by atoms with E-state index in [0.29, 0.717) is 25.3 Å². The first-order valence-electron chi connectivity index (χ1n) is 10.7. The summed E-state index contributed by atoms with van der Waals surface area (Å²) in [5.41, 5.74) is 1.95. The van der Waals surface area contributed by atoms with Gasteiger partial charge >= 0.3 is 6.03 Å². The molecule has 2 amide bonds. The first kappa shape index (κ1) is 21.9. The lowest BCUT2D eigenvalue weighted by Crippen LogP contribution is -2.50. The second-order valence-corrected chi connectivity index (χ2v) is 11.2. The number of hydrogen-bond acceptors (Lipinski definition) is 4. The summed E-state index contributed by atoms with van der Waals surface area (Å²) in [6.07, 6.45) is 9.06. The maximum absolute atomic E-state index is 12.8. The van der Waals surface area contributed by atoms with Crippen LogP contribution in [0, 0.1) is 10.8 Å². The summed E-state index contributed by atoms with van der Waals surface area (Å²) in [6, 6.07) is 7.03. The molecule has 0 bridgehead atoms. The van der Waals surface area contributed by atoms with E-state index in [9.17, 15) is 18.3 Å². The number of amides is 2. The third-order valence-corrected chi connectivity index (χ3v) is 8.55. The fourth-order valence-electron chi connectivity index (χ4n) is 5.32. The number of anilines is 1. The highest BCUT2D eigenvalue weighted by Crippen LogP contribution is 2.61. The van der Waals surface area contributed by atoms with Crippen LogP contribution in [0.5, 0.6) is 0 Å². The molecule has 2 heterocycles. The van der Waals surface area contributed by atoms with Crippen molar-refractivity contribution in [3.8, 4) is 0 Å². The van der Waals surface area contributed by atoms with Crippen LogP contribution in [0.15, 0.2) is 48.2 Å². The van der Waals surface area contributed by atoms with Gasteiger partial charge in [0.15, 0.2) is 0 Å². The summed E-state index contributed by atoms with van der Waals surface area (Å²) in [4.78, 5) is 14.6. The Labute approximate surface area is 184 Å². The second-order valence-electron chi connectivity index (χ2n) is 9.28. The van der Waals surface area contributed by atoms with Gasteiger partial charge in [0.1, 0.15) is 0 Å². The number of rotatable bonds is 3. The molecule has 2 N–H and O–H groups in total. The third kappa shape index (κ3) is 3.76. The number of hydrogen-bond donors (Lipinski definition) is 2. The Hall–Kier alpha value is -2.32. The molecule has 1 spiro atoms. The third-order valence-electron chi connectivity index (χ3n) is 7.42. The highest BCUT2D eigenvalue weighted by Gasteiger charge is 2.60. The molecule has 0 radical (unpaired) electrons. The molecular formula is C23H31N3O4S. The van der Waals surface area contributed by atoms with Crippen LogP contribution >= 0.6 is 0 Å². The maximum atomic E-state index is 12.8. The van der Waals surface area contributed by atoms with Gasteiger partial charge in [-0.15, -0.1) is 0 Å². The fourth-order valence-corrected chi connectivity index (χ4v) is 6.42. The minimum absolute atomic E-state index is 0.151. The molecule has 4 rings (SSSR count).